The summed E-state index contributed by atoms with van der Waals surface area (Å²) >= 11 is 0. The van der Waals surface area contributed by atoms with Crippen molar-refractivity contribution in [3.63, 3.8) is 0 Å². The van der Waals surface area contributed by atoms with Gasteiger partial charge in [0, 0.05) is 0 Å². The van der Waals surface area contributed by atoms with Gasteiger partial charge in [0.1, 0.15) is 30.7 Å². The Morgan fingerprint density at radius 2 is 1.75 bits per heavy atom. The second-order valence-electron chi connectivity index (χ2n) is 3.20. The van der Waals surface area contributed by atoms with Crippen LogP contribution in [0.5, 0.6) is 0 Å². The average molecular weight is 239 g/mol. The Bertz CT molecular complexity index is 106. The topological polar surface area (TPSA) is 18.5 Å². The van der Waals surface area contributed by atoms with E-state index in [1.807, 2.05) is 6.08 Å². The van der Waals surface area contributed by atoms with Crippen molar-refractivity contribution in [2.45, 2.75) is 25.4 Å². The van der Waals surface area contributed by atoms with Crippen molar-refractivity contribution >= 4 is 40.5 Å². The van der Waals surface area contributed by atoms with E-state index in [1.165, 1.54) is 0 Å². The first-order chi connectivity index (χ1) is 5.54. The SMILES string of the molecule is C=CC(C)(C)[SiH2]O[SiH3].C[SiH2]O[SiH3]. The van der Waals surface area contributed by atoms with Gasteiger partial charge in [-0.3, -0.25) is 0 Å². The molecule has 0 bridgehead atoms. The molecule has 0 aliphatic carbocycles. The van der Waals surface area contributed by atoms with Crippen LogP contribution in [0.15, 0.2) is 12.7 Å². The maximum Gasteiger partial charge on any atom is 0.155 e. The van der Waals surface area contributed by atoms with E-state index in [-0.39, 0.29) is 19.5 Å². The summed E-state index contributed by atoms with van der Waals surface area (Å²) in [5.74, 6) is 0. The van der Waals surface area contributed by atoms with E-state index in [1.54, 1.807) is 0 Å². The van der Waals surface area contributed by atoms with Gasteiger partial charge in [-0.1, -0.05) is 26.5 Å². The highest BCUT2D eigenvalue weighted by Gasteiger charge is 2.11. The largest absolute Gasteiger partial charge is 0.468 e. The van der Waals surface area contributed by atoms with E-state index < -0.39 is 0 Å². The quantitative estimate of drug-likeness (QED) is 0.424. The van der Waals surface area contributed by atoms with Gasteiger partial charge in [0.15, 0.2) is 9.76 Å². The molecule has 0 atom stereocenters. The normalized spacial score (nSPS) is 12.6. The Morgan fingerprint density at radius 3 is 1.83 bits per heavy atom. The van der Waals surface area contributed by atoms with E-state index >= 15 is 0 Å². The molecular weight excluding hydrogens is 216 g/mol. The third kappa shape index (κ3) is 13.1. The predicted octanol–water partition coefficient (Wildman–Crippen LogP) is -1.83. The summed E-state index contributed by atoms with van der Waals surface area (Å²) in [7, 11) is 1.52. The van der Waals surface area contributed by atoms with Crippen molar-refractivity contribution in [2.24, 2.45) is 0 Å². The summed E-state index contributed by atoms with van der Waals surface area (Å²) in [5.41, 5.74) is 0. The number of allylic oxidation sites excluding steroid dienone is 1. The third-order valence-corrected chi connectivity index (χ3v) is 5.85. The molecule has 0 aromatic rings. The third-order valence-electron chi connectivity index (χ3n) is 1.36. The van der Waals surface area contributed by atoms with Crippen LogP contribution in [0.25, 0.3) is 0 Å². The Labute approximate surface area is 87.1 Å². The Hall–Kier alpha value is 0.528. The molecule has 0 saturated heterocycles. The first-order valence-electron chi connectivity index (χ1n) is 4.15. The van der Waals surface area contributed by atoms with Crippen molar-refractivity contribution in [1.82, 2.24) is 0 Å². The van der Waals surface area contributed by atoms with Gasteiger partial charge in [-0.05, 0) is 5.04 Å². The molecule has 0 rings (SSSR count). The average Bonchev–Trinajstić information content (AvgIpc) is 2.05. The van der Waals surface area contributed by atoms with E-state index in [2.05, 4.69) is 27.0 Å². The maximum absolute atomic E-state index is 5.20. The van der Waals surface area contributed by atoms with Gasteiger partial charge in [0.2, 0.25) is 0 Å². The summed E-state index contributed by atoms with van der Waals surface area (Å²) in [6, 6.07) is 0. The first kappa shape index (κ1) is 15.0. The van der Waals surface area contributed by atoms with E-state index in [0.717, 1.165) is 21.0 Å². The van der Waals surface area contributed by atoms with Crippen LogP contribution in [0.3, 0.4) is 0 Å². The lowest BCUT2D eigenvalue weighted by molar-refractivity contribution is 0.614. The monoisotopic (exact) mass is 238 g/mol. The van der Waals surface area contributed by atoms with Crippen LogP contribution >= 0.6 is 0 Å². The molecule has 6 heteroatoms. The molecule has 0 spiro atoms. The number of rotatable bonds is 4. The van der Waals surface area contributed by atoms with Crippen molar-refractivity contribution in [2.75, 3.05) is 0 Å². The Balaban J connectivity index is 0. The molecule has 0 radical (unpaired) electrons. The molecule has 2 nitrogen and oxygen atoms in total. The van der Waals surface area contributed by atoms with Crippen molar-refractivity contribution in [3.8, 4) is 0 Å². The van der Waals surface area contributed by atoms with Crippen molar-refractivity contribution < 1.29 is 8.23 Å². The fraction of sp³-hybridized carbons (Fsp3) is 0.667. The van der Waals surface area contributed by atoms with E-state index in [9.17, 15) is 0 Å². The Morgan fingerprint density at radius 1 is 1.33 bits per heavy atom. The van der Waals surface area contributed by atoms with Gasteiger partial charge in [-0.2, -0.15) is 0 Å². The first-order valence-corrected chi connectivity index (χ1v) is 9.06. The molecule has 12 heavy (non-hydrogen) atoms. The van der Waals surface area contributed by atoms with Crippen LogP contribution in [0.2, 0.25) is 11.6 Å². The van der Waals surface area contributed by atoms with Gasteiger partial charge < -0.3 is 8.23 Å². The van der Waals surface area contributed by atoms with Gasteiger partial charge >= 0.3 is 0 Å². The predicted molar refractivity (Wildman–Crippen MR) is 69.2 cm³/mol. The lowest BCUT2D eigenvalue weighted by Crippen LogP contribution is -2.11. The van der Waals surface area contributed by atoms with Crippen LogP contribution in [-0.2, 0) is 8.23 Å². The smallest absolute Gasteiger partial charge is 0.155 e. The van der Waals surface area contributed by atoms with Crippen LogP contribution < -0.4 is 0 Å². The second kappa shape index (κ2) is 9.61. The maximum atomic E-state index is 5.20. The highest BCUT2D eigenvalue weighted by Crippen LogP contribution is 2.22. The zero-order valence-electron chi connectivity index (χ0n) is 9.02. The fourth-order valence-corrected chi connectivity index (χ4v) is 3.52. The molecule has 0 aliphatic heterocycles. The molecule has 0 heterocycles. The number of hydrogen-bond acceptors (Lipinski definition) is 2. The fourth-order valence-electron chi connectivity index (χ4n) is 0.431. The zero-order chi connectivity index (χ0) is 10.0. The van der Waals surface area contributed by atoms with Crippen LogP contribution in [0, 0.1) is 0 Å². The molecule has 0 aromatic heterocycles. The summed E-state index contributed by atoms with van der Waals surface area (Å²) < 4.78 is 10.0. The van der Waals surface area contributed by atoms with Gasteiger partial charge in [-0.15, -0.1) is 6.58 Å². The molecule has 0 aliphatic rings. The van der Waals surface area contributed by atoms with E-state index in [4.69, 9.17) is 8.23 Å². The summed E-state index contributed by atoms with van der Waals surface area (Å²) in [6.07, 6.45) is 1.98. The molecule has 0 saturated carbocycles. The molecule has 0 aromatic carbocycles. The Kier molecular flexibility index (Phi) is 12.0. The minimum atomic E-state index is -0.307. The second-order valence-corrected chi connectivity index (χ2v) is 10.5. The van der Waals surface area contributed by atoms with E-state index in [0.29, 0.717) is 5.04 Å². The van der Waals surface area contributed by atoms with Crippen LogP contribution in [0.4, 0.5) is 0 Å². The number of hydrogen-bond donors (Lipinski definition) is 0. The minimum Gasteiger partial charge on any atom is -0.468 e. The molecule has 0 N–H and O–H groups in total. The minimum absolute atomic E-state index is 0.0139. The molecule has 0 amide bonds. The van der Waals surface area contributed by atoms with Crippen molar-refractivity contribution in [1.29, 1.82) is 0 Å². The molecule has 0 unspecified atom stereocenters. The summed E-state index contributed by atoms with van der Waals surface area (Å²) in [6.45, 7) is 10.2. The lowest BCUT2D eigenvalue weighted by atomic mass is 10.2. The molecule has 0 fully saturated rings. The van der Waals surface area contributed by atoms with Gasteiger partial charge in [0.05, 0.1) is 0 Å². The van der Waals surface area contributed by atoms with Gasteiger partial charge in [-0.25, -0.2) is 0 Å². The summed E-state index contributed by atoms with van der Waals surface area (Å²) in [5, 5.41) is 0.307. The van der Waals surface area contributed by atoms with Crippen LogP contribution in [0.1, 0.15) is 13.8 Å². The van der Waals surface area contributed by atoms with Crippen LogP contribution in [-0.4, -0.2) is 40.5 Å². The van der Waals surface area contributed by atoms with Crippen molar-refractivity contribution in [3.05, 3.63) is 12.7 Å². The zero-order valence-corrected chi connectivity index (χ0v) is 15.8. The highest BCUT2D eigenvalue weighted by atomic mass is 28.3. The standard InChI is InChI=1S/C5H14OSi2.CH8OSi2/c1-4-5(2,3)8-6-7;1-4-2-3/h4H,1,8H2,2-3,7H3;4H2,1,3H3. The molecule has 74 valence electrons. The highest BCUT2D eigenvalue weighted by molar-refractivity contribution is 6.38. The molecular formula is C6H22O2Si4. The summed E-state index contributed by atoms with van der Waals surface area (Å²) in [4.78, 5) is 0. The lowest BCUT2D eigenvalue weighted by Gasteiger charge is -2.16. The van der Waals surface area contributed by atoms with Gasteiger partial charge in [0.25, 0.3) is 0 Å².